The molecular formula is C11H24ClN3O2. The summed E-state index contributed by atoms with van der Waals surface area (Å²) in [4.78, 5) is 24.4. The molecule has 0 fully saturated rings. The van der Waals surface area contributed by atoms with Crippen molar-refractivity contribution in [3.63, 3.8) is 0 Å². The Hall–Kier alpha value is -0.810. The maximum atomic E-state index is 11.9. The highest BCUT2D eigenvalue weighted by molar-refractivity contribution is 5.85. The van der Waals surface area contributed by atoms with Gasteiger partial charge in [0.05, 0.1) is 6.04 Å². The van der Waals surface area contributed by atoms with Crippen LogP contribution in [0.3, 0.4) is 0 Å². The van der Waals surface area contributed by atoms with Gasteiger partial charge in [0.1, 0.15) is 0 Å². The number of nitrogens with zero attached hydrogens (tertiary/aromatic N) is 1. The molecule has 17 heavy (non-hydrogen) atoms. The zero-order valence-electron chi connectivity index (χ0n) is 11.2. The number of carbonyl (C=O) groups excluding carboxylic acids is 2. The zero-order valence-corrected chi connectivity index (χ0v) is 12.1. The van der Waals surface area contributed by atoms with Gasteiger partial charge in [-0.1, -0.05) is 20.8 Å². The van der Waals surface area contributed by atoms with Crippen LogP contribution in [0.15, 0.2) is 0 Å². The first-order chi connectivity index (χ1) is 7.20. The van der Waals surface area contributed by atoms with E-state index in [0.29, 0.717) is 13.0 Å². The van der Waals surface area contributed by atoms with E-state index in [0.717, 1.165) is 0 Å². The van der Waals surface area contributed by atoms with E-state index in [1.54, 1.807) is 14.1 Å². The molecule has 3 N–H and O–H groups in total. The Balaban J connectivity index is 0. The third kappa shape index (κ3) is 6.48. The van der Waals surface area contributed by atoms with Crippen LogP contribution in [0.5, 0.6) is 0 Å². The lowest BCUT2D eigenvalue weighted by atomic mass is 9.86. The summed E-state index contributed by atoms with van der Waals surface area (Å²) in [6.07, 6.45) is 0.301. The summed E-state index contributed by atoms with van der Waals surface area (Å²) >= 11 is 0. The lowest BCUT2D eigenvalue weighted by Gasteiger charge is -2.29. The largest absolute Gasteiger partial charge is 0.359 e. The number of amides is 2. The van der Waals surface area contributed by atoms with Gasteiger partial charge in [-0.15, -0.1) is 12.4 Å². The molecule has 0 saturated heterocycles. The minimum atomic E-state index is -0.540. The smallest absolute Gasteiger partial charge is 0.239 e. The molecule has 0 heterocycles. The van der Waals surface area contributed by atoms with Gasteiger partial charge in [0, 0.05) is 27.1 Å². The predicted molar refractivity (Wildman–Crippen MR) is 71.0 cm³/mol. The van der Waals surface area contributed by atoms with Crippen LogP contribution in [-0.4, -0.2) is 43.4 Å². The molecule has 0 aliphatic carbocycles. The number of hydrogen-bond donors (Lipinski definition) is 2. The van der Waals surface area contributed by atoms with Crippen LogP contribution in [0.1, 0.15) is 27.2 Å². The summed E-state index contributed by atoms with van der Waals surface area (Å²) in [7, 11) is 3.24. The van der Waals surface area contributed by atoms with Gasteiger partial charge < -0.3 is 16.0 Å². The molecule has 0 saturated carbocycles. The summed E-state index contributed by atoms with van der Waals surface area (Å²) in [6.45, 7) is 6.15. The van der Waals surface area contributed by atoms with Crippen molar-refractivity contribution in [3.05, 3.63) is 0 Å². The molecule has 0 aliphatic rings. The molecule has 0 aromatic rings. The van der Waals surface area contributed by atoms with Crippen LogP contribution >= 0.6 is 12.4 Å². The third-order valence-electron chi connectivity index (χ3n) is 2.53. The molecule has 0 aromatic heterocycles. The van der Waals surface area contributed by atoms with E-state index in [-0.39, 0.29) is 29.6 Å². The molecule has 0 unspecified atom stereocenters. The maximum absolute atomic E-state index is 11.9. The Bertz CT molecular complexity index is 264. The Morgan fingerprint density at radius 2 is 1.82 bits per heavy atom. The fraction of sp³-hybridized carbons (Fsp3) is 0.818. The Morgan fingerprint density at radius 1 is 1.35 bits per heavy atom. The van der Waals surface area contributed by atoms with E-state index in [4.69, 9.17) is 5.73 Å². The van der Waals surface area contributed by atoms with Crippen LogP contribution in [-0.2, 0) is 9.59 Å². The van der Waals surface area contributed by atoms with Crippen molar-refractivity contribution in [1.29, 1.82) is 0 Å². The molecule has 2 amide bonds. The first-order valence-electron chi connectivity index (χ1n) is 5.41. The van der Waals surface area contributed by atoms with E-state index >= 15 is 0 Å². The van der Waals surface area contributed by atoms with Crippen molar-refractivity contribution in [2.75, 3.05) is 20.6 Å². The Morgan fingerprint density at radius 3 is 2.18 bits per heavy atom. The number of hydrogen-bond acceptors (Lipinski definition) is 3. The van der Waals surface area contributed by atoms with Crippen molar-refractivity contribution >= 4 is 24.2 Å². The van der Waals surface area contributed by atoms with E-state index in [1.807, 2.05) is 20.8 Å². The minimum Gasteiger partial charge on any atom is -0.359 e. The number of nitrogens with two attached hydrogens (primary N) is 1. The molecular weight excluding hydrogens is 242 g/mol. The summed E-state index contributed by atoms with van der Waals surface area (Å²) in [5, 5.41) is 2.51. The Labute approximate surface area is 110 Å². The van der Waals surface area contributed by atoms with Crippen molar-refractivity contribution in [3.8, 4) is 0 Å². The van der Waals surface area contributed by atoms with E-state index < -0.39 is 6.04 Å². The molecule has 0 aromatic carbocycles. The van der Waals surface area contributed by atoms with Crippen LogP contribution in [0.2, 0.25) is 0 Å². The van der Waals surface area contributed by atoms with Crippen molar-refractivity contribution in [2.45, 2.75) is 33.2 Å². The Kier molecular flexibility index (Phi) is 8.19. The van der Waals surface area contributed by atoms with Gasteiger partial charge in [-0.3, -0.25) is 9.59 Å². The van der Waals surface area contributed by atoms with Gasteiger partial charge in [0.2, 0.25) is 11.8 Å². The molecule has 6 heteroatoms. The third-order valence-corrected chi connectivity index (χ3v) is 2.53. The number of rotatable bonds is 4. The van der Waals surface area contributed by atoms with Crippen molar-refractivity contribution in [2.24, 2.45) is 11.1 Å². The van der Waals surface area contributed by atoms with Gasteiger partial charge in [-0.2, -0.15) is 0 Å². The lowest BCUT2D eigenvalue weighted by molar-refractivity contribution is -0.134. The quantitative estimate of drug-likeness (QED) is 0.772. The molecule has 0 bridgehead atoms. The second-order valence-electron chi connectivity index (χ2n) is 5.03. The van der Waals surface area contributed by atoms with Crippen molar-refractivity contribution < 1.29 is 9.59 Å². The molecule has 1 atom stereocenters. The highest BCUT2D eigenvalue weighted by Gasteiger charge is 2.29. The summed E-state index contributed by atoms with van der Waals surface area (Å²) < 4.78 is 0. The minimum absolute atomic E-state index is 0. The van der Waals surface area contributed by atoms with Gasteiger partial charge in [0.25, 0.3) is 0 Å². The average molecular weight is 266 g/mol. The normalized spacial score (nSPS) is 12.4. The van der Waals surface area contributed by atoms with Gasteiger partial charge in [-0.25, -0.2) is 0 Å². The van der Waals surface area contributed by atoms with Gasteiger partial charge in [0.15, 0.2) is 0 Å². The molecule has 5 nitrogen and oxygen atoms in total. The number of likely N-dealkylation sites (N-methyl/N-ethyl adjacent to an activating group) is 1. The first kappa shape index (κ1) is 18.6. The fourth-order valence-electron chi connectivity index (χ4n) is 1.11. The first-order valence-corrected chi connectivity index (χ1v) is 5.41. The van der Waals surface area contributed by atoms with E-state index in [1.165, 1.54) is 4.90 Å². The molecule has 0 spiro atoms. The van der Waals surface area contributed by atoms with Crippen LogP contribution in [0.4, 0.5) is 0 Å². The number of nitrogens with one attached hydrogen (secondary N) is 1. The molecule has 102 valence electrons. The van der Waals surface area contributed by atoms with Crippen LogP contribution < -0.4 is 11.1 Å². The van der Waals surface area contributed by atoms with Gasteiger partial charge >= 0.3 is 0 Å². The summed E-state index contributed by atoms with van der Waals surface area (Å²) in [6, 6.07) is -0.540. The monoisotopic (exact) mass is 265 g/mol. The van der Waals surface area contributed by atoms with Gasteiger partial charge in [-0.05, 0) is 5.41 Å². The van der Waals surface area contributed by atoms with Crippen LogP contribution in [0, 0.1) is 5.41 Å². The highest BCUT2D eigenvalue weighted by atomic mass is 35.5. The second kappa shape index (κ2) is 7.50. The average Bonchev–Trinajstić information content (AvgIpc) is 2.21. The standard InChI is InChI=1S/C11H23N3O2.ClH/c1-11(2,3)9(12)10(16)14(5)7-6-8(15)13-4;/h9H,6-7,12H2,1-5H3,(H,13,15);1H/t9-;/m1./s1. The lowest BCUT2D eigenvalue weighted by Crippen LogP contribution is -2.49. The summed E-state index contributed by atoms with van der Waals surface area (Å²) in [5.74, 6) is -0.208. The molecule has 0 aliphatic heterocycles. The zero-order chi connectivity index (χ0) is 12.9. The predicted octanol–water partition coefficient (Wildman–Crippen LogP) is 0.376. The molecule has 0 rings (SSSR count). The molecule has 0 radical (unpaired) electrons. The number of carbonyl (C=O) groups is 2. The fourth-order valence-corrected chi connectivity index (χ4v) is 1.11. The maximum Gasteiger partial charge on any atom is 0.239 e. The van der Waals surface area contributed by atoms with Crippen molar-refractivity contribution in [1.82, 2.24) is 10.2 Å². The topological polar surface area (TPSA) is 75.4 Å². The highest BCUT2D eigenvalue weighted by Crippen LogP contribution is 2.18. The van der Waals surface area contributed by atoms with E-state index in [2.05, 4.69) is 5.32 Å². The van der Waals surface area contributed by atoms with E-state index in [9.17, 15) is 9.59 Å². The number of halogens is 1. The SMILES string of the molecule is CNC(=O)CCN(C)C(=O)[C@@H](N)C(C)(C)C.Cl. The summed E-state index contributed by atoms with van der Waals surface area (Å²) in [5.41, 5.74) is 5.58. The van der Waals surface area contributed by atoms with Crippen LogP contribution in [0.25, 0.3) is 0 Å². The second-order valence-corrected chi connectivity index (χ2v) is 5.03.